The minimum atomic E-state index is 0.586. The van der Waals surface area contributed by atoms with E-state index >= 15 is 0 Å². The number of methoxy groups -OCH3 is 1. The van der Waals surface area contributed by atoms with Gasteiger partial charge >= 0.3 is 0 Å². The number of ether oxygens (including phenoxy) is 1. The second-order valence-electron chi connectivity index (χ2n) is 8.15. The summed E-state index contributed by atoms with van der Waals surface area (Å²) in [4.78, 5) is 12.5. The van der Waals surface area contributed by atoms with Crippen LogP contribution in [0.1, 0.15) is 36.3 Å². The van der Waals surface area contributed by atoms with Gasteiger partial charge < -0.3 is 9.64 Å². The SMILES string of the molecule is COc1ccc(C2CCN(C3=Nc4ccccc4N=C(c4ccccc4)C3)CC2)cc1. The zero-order chi connectivity index (χ0) is 21.0. The first-order valence-corrected chi connectivity index (χ1v) is 11.0. The summed E-state index contributed by atoms with van der Waals surface area (Å²) in [5.41, 5.74) is 5.56. The van der Waals surface area contributed by atoms with Gasteiger partial charge in [0.25, 0.3) is 0 Å². The molecule has 0 radical (unpaired) electrons. The van der Waals surface area contributed by atoms with Crippen LogP contribution >= 0.6 is 0 Å². The van der Waals surface area contributed by atoms with E-state index in [-0.39, 0.29) is 0 Å². The molecule has 3 aromatic rings. The van der Waals surface area contributed by atoms with Crippen LogP contribution in [0.2, 0.25) is 0 Å². The summed E-state index contributed by atoms with van der Waals surface area (Å²) in [7, 11) is 1.71. The number of hydrogen-bond donors (Lipinski definition) is 0. The largest absolute Gasteiger partial charge is 0.497 e. The zero-order valence-electron chi connectivity index (χ0n) is 17.9. The van der Waals surface area contributed by atoms with E-state index in [2.05, 4.69) is 65.6 Å². The van der Waals surface area contributed by atoms with Gasteiger partial charge in [0.05, 0.1) is 24.2 Å². The Morgan fingerprint density at radius 3 is 2.10 bits per heavy atom. The standard InChI is InChI=1S/C27H27N3O/c1-31-23-13-11-20(12-14-23)21-15-17-30(18-16-21)27-19-26(22-7-3-2-4-8-22)28-24-9-5-6-10-25(24)29-27/h2-14,21H,15-19H2,1H3. The van der Waals surface area contributed by atoms with Gasteiger partial charge in [0.2, 0.25) is 0 Å². The highest BCUT2D eigenvalue weighted by atomic mass is 16.5. The maximum atomic E-state index is 5.30. The molecule has 0 aromatic heterocycles. The molecule has 2 aliphatic heterocycles. The molecule has 0 atom stereocenters. The maximum Gasteiger partial charge on any atom is 0.118 e. The highest BCUT2D eigenvalue weighted by Gasteiger charge is 2.25. The van der Waals surface area contributed by atoms with Gasteiger partial charge in [0.1, 0.15) is 11.6 Å². The van der Waals surface area contributed by atoms with Gasteiger partial charge in [-0.3, -0.25) is 4.99 Å². The molecule has 1 saturated heterocycles. The van der Waals surface area contributed by atoms with Crippen LogP contribution in [0, 0.1) is 0 Å². The van der Waals surface area contributed by atoms with Crippen molar-refractivity contribution in [3.8, 4) is 5.75 Å². The molecule has 1 fully saturated rings. The van der Waals surface area contributed by atoms with Gasteiger partial charge in [0.15, 0.2) is 0 Å². The third kappa shape index (κ3) is 4.24. The van der Waals surface area contributed by atoms with Crippen molar-refractivity contribution in [1.82, 2.24) is 4.90 Å². The Hall–Kier alpha value is -3.40. The Kier molecular flexibility index (Phi) is 5.53. The first-order chi connectivity index (χ1) is 15.3. The van der Waals surface area contributed by atoms with E-state index in [0.29, 0.717) is 5.92 Å². The number of piperidine rings is 1. The molecule has 4 nitrogen and oxygen atoms in total. The molecule has 156 valence electrons. The fourth-order valence-electron chi connectivity index (χ4n) is 4.49. The predicted octanol–water partition coefficient (Wildman–Crippen LogP) is 6.13. The molecule has 5 rings (SSSR count). The van der Waals surface area contributed by atoms with Crippen LogP contribution in [0.15, 0.2) is 88.8 Å². The van der Waals surface area contributed by atoms with E-state index in [1.165, 1.54) is 11.1 Å². The van der Waals surface area contributed by atoms with Crippen molar-refractivity contribution >= 4 is 22.9 Å². The third-order valence-corrected chi connectivity index (χ3v) is 6.27. The minimum Gasteiger partial charge on any atom is -0.497 e. The lowest BCUT2D eigenvalue weighted by Gasteiger charge is -2.34. The van der Waals surface area contributed by atoms with Crippen LogP contribution in [-0.2, 0) is 0 Å². The molecule has 31 heavy (non-hydrogen) atoms. The maximum absolute atomic E-state index is 5.30. The van der Waals surface area contributed by atoms with Gasteiger partial charge in [-0.15, -0.1) is 0 Å². The number of benzene rings is 3. The van der Waals surface area contributed by atoms with Crippen molar-refractivity contribution in [3.05, 3.63) is 90.0 Å². The quantitative estimate of drug-likeness (QED) is 0.522. The van der Waals surface area contributed by atoms with Crippen LogP contribution < -0.4 is 4.74 Å². The normalized spacial score (nSPS) is 16.7. The molecule has 0 aliphatic carbocycles. The van der Waals surface area contributed by atoms with Gasteiger partial charge in [-0.25, -0.2) is 4.99 Å². The summed E-state index contributed by atoms with van der Waals surface area (Å²) < 4.78 is 5.30. The average Bonchev–Trinajstić information content (AvgIpc) is 3.05. The summed E-state index contributed by atoms with van der Waals surface area (Å²) in [5, 5.41) is 0. The van der Waals surface area contributed by atoms with Crippen molar-refractivity contribution in [3.63, 3.8) is 0 Å². The van der Waals surface area contributed by atoms with E-state index in [4.69, 9.17) is 14.7 Å². The fourth-order valence-corrected chi connectivity index (χ4v) is 4.49. The average molecular weight is 410 g/mol. The Morgan fingerprint density at radius 2 is 1.42 bits per heavy atom. The molecule has 0 bridgehead atoms. The number of likely N-dealkylation sites (tertiary alicyclic amines) is 1. The van der Waals surface area contributed by atoms with Crippen molar-refractivity contribution in [1.29, 1.82) is 0 Å². The monoisotopic (exact) mass is 409 g/mol. The molecule has 2 heterocycles. The van der Waals surface area contributed by atoms with Crippen LogP contribution in [0.4, 0.5) is 11.4 Å². The lowest BCUT2D eigenvalue weighted by Crippen LogP contribution is -2.38. The molecule has 0 saturated carbocycles. The van der Waals surface area contributed by atoms with E-state index in [1.54, 1.807) is 7.11 Å². The van der Waals surface area contributed by atoms with Crippen LogP contribution in [-0.4, -0.2) is 36.6 Å². The smallest absolute Gasteiger partial charge is 0.118 e. The number of amidine groups is 1. The summed E-state index contributed by atoms with van der Waals surface area (Å²) in [6, 6.07) is 27.2. The molecular weight excluding hydrogens is 382 g/mol. The topological polar surface area (TPSA) is 37.2 Å². The minimum absolute atomic E-state index is 0.586. The molecule has 3 aromatic carbocycles. The predicted molar refractivity (Wildman–Crippen MR) is 127 cm³/mol. The van der Waals surface area contributed by atoms with Gasteiger partial charge in [-0.05, 0) is 54.2 Å². The molecule has 2 aliphatic rings. The van der Waals surface area contributed by atoms with Gasteiger partial charge in [-0.2, -0.15) is 0 Å². The first kappa shape index (κ1) is 19.6. The van der Waals surface area contributed by atoms with Crippen LogP contribution in [0.3, 0.4) is 0 Å². The number of para-hydroxylation sites is 2. The zero-order valence-corrected chi connectivity index (χ0v) is 17.9. The second-order valence-corrected chi connectivity index (χ2v) is 8.15. The van der Waals surface area contributed by atoms with E-state index in [9.17, 15) is 0 Å². The number of hydrogen-bond acceptors (Lipinski definition) is 4. The third-order valence-electron chi connectivity index (χ3n) is 6.27. The number of fused-ring (bicyclic) bond motifs is 1. The molecule has 0 amide bonds. The molecular formula is C27H27N3O. The van der Waals surface area contributed by atoms with Crippen molar-refractivity contribution in [2.45, 2.75) is 25.2 Å². The number of aliphatic imine (C=N–C) groups is 2. The van der Waals surface area contributed by atoms with Crippen molar-refractivity contribution in [2.24, 2.45) is 9.98 Å². The number of nitrogens with zero attached hydrogens (tertiary/aromatic N) is 3. The van der Waals surface area contributed by atoms with Crippen LogP contribution in [0.25, 0.3) is 0 Å². The van der Waals surface area contributed by atoms with Gasteiger partial charge in [0, 0.05) is 19.5 Å². The molecule has 4 heteroatoms. The van der Waals surface area contributed by atoms with E-state index < -0.39 is 0 Å². The lowest BCUT2D eigenvalue weighted by molar-refractivity contribution is 0.310. The highest BCUT2D eigenvalue weighted by molar-refractivity contribution is 6.14. The van der Waals surface area contributed by atoms with Crippen molar-refractivity contribution in [2.75, 3.05) is 20.2 Å². The summed E-state index contributed by atoms with van der Waals surface area (Å²) >= 11 is 0. The molecule has 0 spiro atoms. The van der Waals surface area contributed by atoms with Crippen LogP contribution in [0.5, 0.6) is 5.75 Å². The second kappa shape index (κ2) is 8.76. The Bertz CT molecular complexity index is 1090. The molecule has 0 N–H and O–H groups in total. The number of rotatable bonds is 3. The Morgan fingerprint density at radius 1 is 0.774 bits per heavy atom. The van der Waals surface area contributed by atoms with Gasteiger partial charge in [-0.1, -0.05) is 54.6 Å². The summed E-state index contributed by atoms with van der Waals surface area (Å²) in [6.07, 6.45) is 3.02. The molecule has 0 unspecified atom stereocenters. The van der Waals surface area contributed by atoms with E-state index in [1.807, 2.05) is 18.2 Å². The Balaban J connectivity index is 1.37. The highest BCUT2D eigenvalue weighted by Crippen LogP contribution is 2.34. The van der Waals surface area contributed by atoms with E-state index in [0.717, 1.165) is 61.0 Å². The lowest BCUT2D eigenvalue weighted by atomic mass is 9.89. The fraction of sp³-hybridized carbons (Fsp3) is 0.259. The summed E-state index contributed by atoms with van der Waals surface area (Å²) in [6.45, 7) is 2.03. The Labute approximate surface area is 183 Å². The van der Waals surface area contributed by atoms with Crippen molar-refractivity contribution < 1.29 is 4.74 Å². The summed E-state index contributed by atoms with van der Waals surface area (Å²) in [5.74, 6) is 2.63. The first-order valence-electron chi connectivity index (χ1n) is 11.0.